The molecule has 0 fully saturated rings. The van der Waals surface area contributed by atoms with E-state index >= 15 is 0 Å². The first-order chi connectivity index (χ1) is 10.9. The van der Waals surface area contributed by atoms with Gasteiger partial charge in [-0.3, -0.25) is 0 Å². The highest BCUT2D eigenvalue weighted by molar-refractivity contribution is 9.10. The molecule has 116 valence electrons. The Morgan fingerprint density at radius 1 is 0.652 bits per heavy atom. The molecular weight excluding hydrogens is 344 g/mol. The Labute approximate surface area is 147 Å². The average Bonchev–Trinajstić information content (AvgIpc) is 2.55. The second kappa shape index (κ2) is 6.33. The van der Waals surface area contributed by atoms with Gasteiger partial charge in [-0.1, -0.05) is 103 Å². The molecule has 3 rings (SSSR count). The van der Waals surface area contributed by atoms with E-state index in [1.54, 1.807) is 0 Å². The van der Waals surface area contributed by atoms with Crippen molar-refractivity contribution < 1.29 is 0 Å². The summed E-state index contributed by atoms with van der Waals surface area (Å²) < 4.78 is 1.13. The van der Waals surface area contributed by atoms with Crippen molar-refractivity contribution in [3.8, 4) is 22.3 Å². The molecule has 0 nitrogen and oxygen atoms in total. The van der Waals surface area contributed by atoms with E-state index in [1.807, 2.05) is 6.07 Å². The summed E-state index contributed by atoms with van der Waals surface area (Å²) in [5.41, 5.74) is 6.49. The van der Waals surface area contributed by atoms with Crippen LogP contribution in [0.25, 0.3) is 22.3 Å². The highest BCUT2D eigenvalue weighted by Crippen LogP contribution is 2.33. The van der Waals surface area contributed by atoms with Crippen molar-refractivity contribution in [2.24, 2.45) is 0 Å². The largest absolute Gasteiger partial charge is 0.0622 e. The zero-order chi connectivity index (χ0) is 16.4. The molecular formula is C22H21Br. The van der Waals surface area contributed by atoms with Gasteiger partial charge in [0.15, 0.2) is 0 Å². The highest BCUT2D eigenvalue weighted by Gasteiger charge is 2.13. The van der Waals surface area contributed by atoms with E-state index in [-0.39, 0.29) is 5.41 Å². The Kier molecular flexibility index (Phi) is 4.41. The van der Waals surface area contributed by atoms with E-state index in [0.717, 1.165) is 4.47 Å². The Morgan fingerprint density at radius 2 is 1.26 bits per heavy atom. The molecule has 0 aliphatic carbocycles. The van der Waals surface area contributed by atoms with Crippen LogP contribution in [-0.2, 0) is 5.41 Å². The molecule has 0 N–H and O–H groups in total. The summed E-state index contributed by atoms with van der Waals surface area (Å²) in [5.74, 6) is 0. The summed E-state index contributed by atoms with van der Waals surface area (Å²) in [5, 5.41) is 0. The monoisotopic (exact) mass is 364 g/mol. The van der Waals surface area contributed by atoms with Gasteiger partial charge in [-0.25, -0.2) is 0 Å². The third-order valence-corrected chi connectivity index (χ3v) is 4.79. The first kappa shape index (κ1) is 16.0. The second-order valence-electron chi connectivity index (χ2n) is 6.89. The molecule has 0 atom stereocenters. The molecule has 1 heteroatoms. The molecule has 0 saturated heterocycles. The van der Waals surface area contributed by atoms with E-state index in [2.05, 4.69) is 103 Å². The summed E-state index contributed by atoms with van der Waals surface area (Å²) in [6.45, 7) is 6.73. The molecule has 23 heavy (non-hydrogen) atoms. The lowest BCUT2D eigenvalue weighted by atomic mass is 9.86. The first-order valence-electron chi connectivity index (χ1n) is 7.91. The van der Waals surface area contributed by atoms with Crippen LogP contribution < -0.4 is 0 Å². The first-order valence-corrected chi connectivity index (χ1v) is 8.70. The van der Waals surface area contributed by atoms with Crippen molar-refractivity contribution in [2.75, 3.05) is 0 Å². The third-order valence-electron chi connectivity index (χ3n) is 4.14. The van der Waals surface area contributed by atoms with Gasteiger partial charge in [0.1, 0.15) is 0 Å². The molecule has 0 bridgehead atoms. The van der Waals surface area contributed by atoms with Crippen LogP contribution in [0.4, 0.5) is 0 Å². The van der Waals surface area contributed by atoms with Gasteiger partial charge < -0.3 is 0 Å². The summed E-state index contributed by atoms with van der Waals surface area (Å²) in [4.78, 5) is 0. The van der Waals surface area contributed by atoms with Crippen molar-refractivity contribution in [1.29, 1.82) is 0 Å². The number of rotatable bonds is 2. The van der Waals surface area contributed by atoms with E-state index in [9.17, 15) is 0 Å². The van der Waals surface area contributed by atoms with E-state index in [4.69, 9.17) is 0 Å². The Bertz CT molecular complexity index is 794. The number of hydrogen-bond donors (Lipinski definition) is 0. The number of hydrogen-bond acceptors (Lipinski definition) is 0. The lowest BCUT2D eigenvalue weighted by Crippen LogP contribution is -2.10. The maximum atomic E-state index is 3.73. The number of halogens is 1. The molecule has 3 aromatic carbocycles. The molecule has 0 amide bonds. The van der Waals surface area contributed by atoms with Crippen LogP contribution in [0.3, 0.4) is 0 Å². The Hall–Kier alpha value is -1.86. The van der Waals surface area contributed by atoms with Gasteiger partial charge in [0.05, 0.1) is 0 Å². The predicted octanol–water partition coefficient (Wildman–Crippen LogP) is 7.08. The second-order valence-corrected chi connectivity index (χ2v) is 7.74. The molecule has 0 unspecified atom stereocenters. The van der Waals surface area contributed by atoms with Crippen LogP contribution in [0.2, 0.25) is 0 Å². The predicted molar refractivity (Wildman–Crippen MR) is 104 cm³/mol. The summed E-state index contributed by atoms with van der Waals surface area (Å²) >= 11 is 3.73. The van der Waals surface area contributed by atoms with Crippen LogP contribution in [0.1, 0.15) is 26.3 Å². The van der Waals surface area contributed by atoms with Crippen LogP contribution in [-0.4, -0.2) is 0 Å². The van der Waals surface area contributed by atoms with Crippen molar-refractivity contribution in [1.82, 2.24) is 0 Å². The minimum absolute atomic E-state index is 0.191. The highest BCUT2D eigenvalue weighted by atomic mass is 79.9. The van der Waals surface area contributed by atoms with Crippen LogP contribution >= 0.6 is 15.9 Å². The fourth-order valence-electron chi connectivity index (χ4n) is 2.71. The molecule has 0 aliphatic rings. The van der Waals surface area contributed by atoms with Gasteiger partial charge in [0.25, 0.3) is 0 Å². The van der Waals surface area contributed by atoms with Crippen molar-refractivity contribution in [3.63, 3.8) is 0 Å². The summed E-state index contributed by atoms with van der Waals surface area (Å²) in [6, 6.07) is 25.9. The van der Waals surface area contributed by atoms with Crippen LogP contribution in [0.5, 0.6) is 0 Å². The van der Waals surface area contributed by atoms with E-state index in [1.165, 1.54) is 27.8 Å². The molecule has 0 aliphatic heterocycles. The lowest BCUT2D eigenvalue weighted by Gasteiger charge is -2.19. The van der Waals surface area contributed by atoms with Gasteiger partial charge in [0, 0.05) is 4.47 Å². The standard InChI is InChI=1S/C22H21Br/c1-22(2,3)19-12-9-16(10-13-19)18-11-14-20(21(23)15-18)17-7-5-4-6-8-17/h4-15H,1-3H3. The molecule has 0 aromatic heterocycles. The average molecular weight is 365 g/mol. The van der Waals surface area contributed by atoms with Crippen LogP contribution in [0.15, 0.2) is 77.3 Å². The van der Waals surface area contributed by atoms with Crippen molar-refractivity contribution in [3.05, 3.63) is 82.8 Å². The van der Waals surface area contributed by atoms with Gasteiger partial charge in [-0.05, 0) is 39.3 Å². The smallest absolute Gasteiger partial charge is 0.0259 e. The van der Waals surface area contributed by atoms with Gasteiger partial charge in [0.2, 0.25) is 0 Å². The molecule has 0 radical (unpaired) electrons. The molecule has 3 aromatic rings. The zero-order valence-electron chi connectivity index (χ0n) is 13.8. The van der Waals surface area contributed by atoms with Crippen molar-refractivity contribution in [2.45, 2.75) is 26.2 Å². The van der Waals surface area contributed by atoms with Gasteiger partial charge >= 0.3 is 0 Å². The topological polar surface area (TPSA) is 0 Å². The van der Waals surface area contributed by atoms with E-state index < -0.39 is 0 Å². The fraction of sp³-hybridized carbons (Fsp3) is 0.182. The van der Waals surface area contributed by atoms with Crippen molar-refractivity contribution >= 4 is 15.9 Å². The molecule has 0 heterocycles. The Balaban J connectivity index is 1.94. The maximum Gasteiger partial charge on any atom is 0.0259 e. The quantitative estimate of drug-likeness (QED) is 0.455. The van der Waals surface area contributed by atoms with Crippen LogP contribution in [0, 0.1) is 0 Å². The normalized spacial score (nSPS) is 11.5. The Morgan fingerprint density at radius 3 is 1.83 bits per heavy atom. The fourth-order valence-corrected chi connectivity index (χ4v) is 3.32. The minimum atomic E-state index is 0.191. The summed E-state index contributed by atoms with van der Waals surface area (Å²) in [6.07, 6.45) is 0. The SMILES string of the molecule is CC(C)(C)c1ccc(-c2ccc(-c3ccccc3)c(Br)c2)cc1. The zero-order valence-corrected chi connectivity index (χ0v) is 15.4. The minimum Gasteiger partial charge on any atom is -0.0622 e. The van der Waals surface area contributed by atoms with E-state index in [0.29, 0.717) is 0 Å². The van der Waals surface area contributed by atoms with Gasteiger partial charge in [-0.2, -0.15) is 0 Å². The van der Waals surface area contributed by atoms with Gasteiger partial charge in [-0.15, -0.1) is 0 Å². The molecule has 0 spiro atoms. The lowest BCUT2D eigenvalue weighted by molar-refractivity contribution is 0.590. The number of benzene rings is 3. The maximum absolute atomic E-state index is 3.73. The molecule has 0 saturated carbocycles. The summed E-state index contributed by atoms with van der Waals surface area (Å²) in [7, 11) is 0. The third kappa shape index (κ3) is 3.56.